The first-order valence-electron chi connectivity index (χ1n) is 8.51. The molecule has 0 unspecified atom stereocenters. The van der Waals surface area contributed by atoms with E-state index in [1.54, 1.807) is 41.8 Å². The summed E-state index contributed by atoms with van der Waals surface area (Å²) < 4.78 is 29.4. The molecule has 0 atom stereocenters. The highest BCUT2D eigenvalue weighted by atomic mass is 32.1. The van der Waals surface area contributed by atoms with Gasteiger partial charge in [-0.05, 0) is 53.4 Å². The van der Waals surface area contributed by atoms with Crippen molar-refractivity contribution in [3.05, 3.63) is 81.8 Å². The summed E-state index contributed by atoms with van der Waals surface area (Å²) in [7, 11) is 3.04. The second kappa shape index (κ2) is 9.16. The minimum absolute atomic E-state index is 0.00763. The van der Waals surface area contributed by atoms with Gasteiger partial charge in [0.2, 0.25) is 0 Å². The Morgan fingerprint density at radius 3 is 2.41 bits per heavy atom. The first-order chi connectivity index (χ1) is 14.0. The van der Waals surface area contributed by atoms with Crippen LogP contribution in [-0.2, 0) is 0 Å². The number of hydrogen-bond acceptors (Lipinski definition) is 6. The van der Waals surface area contributed by atoms with Crippen LogP contribution in [0.3, 0.4) is 0 Å². The average molecular weight is 412 g/mol. The Bertz CT molecular complexity index is 1060. The summed E-state index contributed by atoms with van der Waals surface area (Å²) >= 11 is 1.21. The van der Waals surface area contributed by atoms with Crippen molar-refractivity contribution in [2.45, 2.75) is 0 Å². The molecule has 0 aliphatic heterocycles. The molecule has 0 amide bonds. The highest BCUT2D eigenvalue weighted by molar-refractivity contribution is 7.12. The molecule has 0 fully saturated rings. The molecule has 0 saturated carbocycles. The van der Waals surface area contributed by atoms with Gasteiger partial charge >= 0.3 is 5.97 Å². The number of halogens is 1. The lowest BCUT2D eigenvalue weighted by Gasteiger charge is -2.08. The molecule has 0 saturated heterocycles. The van der Waals surface area contributed by atoms with Crippen LogP contribution in [0.1, 0.15) is 25.6 Å². The Morgan fingerprint density at radius 1 is 0.966 bits per heavy atom. The molecule has 0 radical (unpaired) electrons. The van der Waals surface area contributed by atoms with Gasteiger partial charge in [-0.25, -0.2) is 9.18 Å². The van der Waals surface area contributed by atoms with Gasteiger partial charge in [-0.1, -0.05) is 18.2 Å². The first-order valence-corrected chi connectivity index (χ1v) is 9.39. The third kappa shape index (κ3) is 4.89. The molecule has 3 aromatic rings. The van der Waals surface area contributed by atoms with E-state index in [0.29, 0.717) is 21.9 Å². The molecule has 148 valence electrons. The first kappa shape index (κ1) is 20.3. The average Bonchev–Trinajstić information content (AvgIpc) is 3.28. The molecule has 29 heavy (non-hydrogen) atoms. The maximum absolute atomic E-state index is 13.7. The number of allylic oxidation sites excluding steroid dienone is 1. The van der Waals surface area contributed by atoms with Crippen LogP contribution in [-0.4, -0.2) is 26.0 Å². The third-order valence-electron chi connectivity index (χ3n) is 3.97. The number of ketones is 1. The Morgan fingerprint density at radius 2 is 1.72 bits per heavy atom. The maximum Gasteiger partial charge on any atom is 0.353 e. The van der Waals surface area contributed by atoms with E-state index in [1.165, 1.54) is 37.7 Å². The zero-order chi connectivity index (χ0) is 20.8. The number of ether oxygens (including phenoxy) is 3. The van der Waals surface area contributed by atoms with Gasteiger partial charge in [-0.3, -0.25) is 4.79 Å². The molecule has 1 aromatic heterocycles. The topological polar surface area (TPSA) is 61.8 Å². The summed E-state index contributed by atoms with van der Waals surface area (Å²) in [5, 5.41) is 1.74. The van der Waals surface area contributed by atoms with E-state index in [9.17, 15) is 14.0 Å². The second-order valence-corrected chi connectivity index (χ2v) is 6.77. The van der Waals surface area contributed by atoms with Gasteiger partial charge in [0.15, 0.2) is 17.3 Å². The van der Waals surface area contributed by atoms with E-state index in [-0.39, 0.29) is 11.3 Å². The van der Waals surface area contributed by atoms with Crippen molar-refractivity contribution >= 4 is 29.2 Å². The smallest absolute Gasteiger partial charge is 0.353 e. The molecule has 1 heterocycles. The lowest BCUT2D eigenvalue weighted by atomic mass is 10.1. The standard InChI is InChI=1S/C22H17FO5S/c1-26-19-9-6-14(12-20(19)27-2)5-8-17(24)16-13-15(23)7-10-18(16)28-22(25)21-4-3-11-29-21/h3-13H,1-2H3/b8-5+. The number of esters is 1. The fraction of sp³-hybridized carbons (Fsp3) is 0.0909. The van der Waals surface area contributed by atoms with Gasteiger partial charge in [0.25, 0.3) is 0 Å². The summed E-state index contributed by atoms with van der Waals surface area (Å²) in [6.45, 7) is 0. The quantitative estimate of drug-likeness (QED) is 0.236. The highest BCUT2D eigenvalue weighted by Crippen LogP contribution is 2.28. The monoisotopic (exact) mass is 412 g/mol. The fourth-order valence-corrected chi connectivity index (χ4v) is 3.15. The van der Waals surface area contributed by atoms with Crippen molar-refractivity contribution in [2.24, 2.45) is 0 Å². The molecular weight excluding hydrogens is 395 g/mol. The molecule has 0 aliphatic rings. The maximum atomic E-state index is 13.7. The molecule has 0 aliphatic carbocycles. The SMILES string of the molecule is COc1ccc(/C=C/C(=O)c2cc(F)ccc2OC(=O)c2cccs2)cc1OC. The normalized spacial score (nSPS) is 10.7. The Hall–Kier alpha value is -3.45. The van der Waals surface area contributed by atoms with Crippen molar-refractivity contribution in [1.82, 2.24) is 0 Å². The largest absolute Gasteiger partial charge is 0.493 e. The zero-order valence-corrected chi connectivity index (χ0v) is 16.5. The molecule has 2 aromatic carbocycles. The van der Waals surface area contributed by atoms with Crippen molar-refractivity contribution < 1.29 is 28.2 Å². The van der Waals surface area contributed by atoms with E-state index < -0.39 is 17.6 Å². The van der Waals surface area contributed by atoms with E-state index >= 15 is 0 Å². The Balaban J connectivity index is 1.84. The zero-order valence-electron chi connectivity index (χ0n) is 15.7. The molecule has 0 spiro atoms. The van der Waals surface area contributed by atoms with E-state index in [2.05, 4.69) is 0 Å². The summed E-state index contributed by atoms with van der Waals surface area (Å²) in [6.07, 6.45) is 2.83. The number of carbonyl (C=O) groups excluding carboxylic acids is 2. The minimum Gasteiger partial charge on any atom is -0.493 e. The Kier molecular flexibility index (Phi) is 6.41. The van der Waals surface area contributed by atoms with Crippen LogP contribution in [0.2, 0.25) is 0 Å². The van der Waals surface area contributed by atoms with Crippen molar-refractivity contribution in [3.8, 4) is 17.2 Å². The van der Waals surface area contributed by atoms with Gasteiger partial charge in [0, 0.05) is 0 Å². The van der Waals surface area contributed by atoms with E-state index in [1.807, 2.05) is 0 Å². The van der Waals surface area contributed by atoms with Gasteiger partial charge in [0.1, 0.15) is 16.4 Å². The van der Waals surface area contributed by atoms with Crippen LogP contribution in [0.5, 0.6) is 17.2 Å². The number of rotatable bonds is 7. The van der Waals surface area contributed by atoms with Crippen molar-refractivity contribution in [2.75, 3.05) is 14.2 Å². The molecule has 0 bridgehead atoms. The van der Waals surface area contributed by atoms with Crippen LogP contribution in [0, 0.1) is 5.82 Å². The molecule has 0 N–H and O–H groups in total. The molecular formula is C22H17FO5S. The summed E-state index contributed by atoms with van der Waals surface area (Å²) in [5.41, 5.74) is 0.635. The van der Waals surface area contributed by atoms with Crippen LogP contribution in [0.4, 0.5) is 4.39 Å². The predicted octanol–water partition coefficient (Wildman–Crippen LogP) is 5.02. The fourth-order valence-electron chi connectivity index (χ4n) is 2.55. The van der Waals surface area contributed by atoms with E-state index in [4.69, 9.17) is 14.2 Å². The summed E-state index contributed by atoms with van der Waals surface area (Å²) in [6, 6.07) is 11.9. The van der Waals surface area contributed by atoms with Gasteiger partial charge in [-0.15, -0.1) is 11.3 Å². The molecule has 5 nitrogen and oxygen atoms in total. The van der Waals surface area contributed by atoms with Crippen LogP contribution in [0.15, 0.2) is 60.0 Å². The summed E-state index contributed by atoms with van der Waals surface area (Å²) in [5.74, 6) is -0.657. The Labute approximate surface area is 171 Å². The second-order valence-electron chi connectivity index (χ2n) is 5.82. The lowest BCUT2D eigenvalue weighted by Crippen LogP contribution is -2.10. The van der Waals surface area contributed by atoms with E-state index in [0.717, 1.165) is 12.1 Å². The van der Waals surface area contributed by atoms with Crippen LogP contribution < -0.4 is 14.2 Å². The predicted molar refractivity (Wildman–Crippen MR) is 109 cm³/mol. The highest BCUT2D eigenvalue weighted by Gasteiger charge is 2.17. The summed E-state index contributed by atoms with van der Waals surface area (Å²) in [4.78, 5) is 25.2. The molecule has 3 rings (SSSR count). The van der Waals surface area contributed by atoms with Crippen LogP contribution in [0.25, 0.3) is 6.08 Å². The third-order valence-corrected chi connectivity index (χ3v) is 4.82. The van der Waals surface area contributed by atoms with Gasteiger partial charge < -0.3 is 14.2 Å². The minimum atomic E-state index is -0.608. The number of thiophene rings is 1. The number of methoxy groups -OCH3 is 2. The van der Waals surface area contributed by atoms with Gasteiger partial charge in [-0.2, -0.15) is 0 Å². The number of carbonyl (C=O) groups is 2. The molecule has 7 heteroatoms. The lowest BCUT2D eigenvalue weighted by molar-refractivity contribution is 0.0738. The van der Waals surface area contributed by atoms with Crippen molar-refractivity contribution in [1.29, 1.82) is 0 Å². The number of hydrogen-bond donors (Lipinski definition) is 0. The van der Waals surface area contributed by atoms with Crippen LogP contribution >= 0.6 is 11.3 Å². The number of benzene rings is 2. The van der Waals surface area contributed by atoms with Gasteiger partial charge in [0.05, 0.1) is 19.8 Å². The van der Waals surface area contributed by atoms with Crippen molar-refractivity contribution in [3.63, 3.8) is 0 Å².